The SMILES string of the molecule is Cc1onc(-c2c(F)cccc2Cl)c1C(=O)NC1CCN(C(=O)c2ccncc2)CC1. The van der Waals surface area contributed by atoms with Gasteiger partial charge in [0.2, 0.25) is 0 Å². The number of piperidine rings is 1. The number of likely N-dealkylation sites (tertiary alicyclic amines) is 1. The highest BCUT2D eigenvalue weighted by molar-refractivity contribution is 6.33. The lowest BCUT2D eigenvalue weighted by atomic mass is 10.0. The molecular weight excluding hydrogens is 423 g/mol. The number of benzene rings is 1. The Morgan fingerprint density at radius 2 is 1.90 bits per heavy atom. The van der Waals surface area contributed by atoms with Crippen molar-refractivity contribution in [1.82, 2.24) is 20.4 Å². The van der Waals surface area contributed by atoms with Crippen LogP contribution in [0.25, 0.3) is 11.3 Å². The van der Waals surface area contributed by atoms with E-state index in [1.807, 2.05) is 0 Å². The van der Waals surface area contributed by atoms with Gasteiger partial charge in [0.05, 0.1) is 10.6 Å². The van der Waals surface area contributed by atoms with Crippen molar-refractivity contribution in [2.75, 3.05) is 13.1 Å². The van der Waals surface area contributed by atoms with Gasteiger partial charge in [-0.05, 0) is 44.0 Å². The number of nitrogens with one attached hydrogen (secondary N) is 1. The summed E-state index contributed by atoms with van der Waals surface area (Å²) in [5, 5.41) is 6.97. The van der Waals surface area contributed by atoms with Crippen molar-refractivity contribution in [1.29, 1.82) is 0 Å². The fraction of sp³-hybridized carbons (Fsp3) is 0.273. The molecule has 3 heterocycles. The lowest BCUT2D eigenvalue weighted by Crippen LogP contribution is -2.46. The molecule has 1 aliphatic rings. The smallest absolute Gasteiger partial charge is 0.257 e. The minimum atomic E-state index is -0.585. The minimum Gasteiger partial charge on any atom is -0.360 e. The Hall–Kier alpha value is -3.26. The van der Waals surface area contributed by atoms with Crippen LogP contribution in [0, 0.1) is 12.7 Å². The minimum absolute atomic E-state index is 0.0314. The third kappa shape index (κ3) is 4.29. The van der Waals surface area contributed by atoms with Gasteiger partial charge in [-0.25, -0.2) is 4.39 Å². The van der Waals surface area contributed by atoms with Crippen molar-refractivity contribution in [2.24, 2.45) is 0 Å². The third-order valence-corrected chi connectivity index (χ3v) is 5.65. The van der Waals surface area contributed by atoms with Crippen molar-refractivity contribution in [2.45, 2.75) is 25.8 Å². The van der Waals surface area contributed by atoms with E-state index in [-0.39, 0.29) is 39.6 Å². The molecule has 2 amide bonds. The maximum absolute atomic E-state index is 14.4. The van der Waals surface area contributed by atoms with E-state index >= 15 is 0 Å². The predicted molar refractivity (Wildman–Crippen MR) is 112 cm³/mol. The highest BCUT2D eigenvalue weighted by atomic mass is 35.5. The van der Waals surface area contributed by atoms with Crippen LogP contribution in [-0.2, 0) is 0 Å². The van der Waals surface area contributed by atoms with Crippen LogP contribution in [0.3, 0.4) is 0 Å². The van der Waals surface area contributed by atoms with Gasteiger partial charge in [0.1, 0.15) is 22.8 Å². The number of aryl methyl sites for hydroxylation is 1. The average molecular weight is 443 g/mol. The van der Waals surface area contributed by atoms with Crippen LogP contribution < -0.4 is 5.32 Å². The van der Waals surface area contributed by atoms with Crippen molar-refractivity contribution >= 4 is 23.4 Å². The highest BCUT2D eigenvalue weighted by Gasteiger charge is 2.29. The Morgan fingerprint density at radius 1 is 1.19 bits per heavy atom. The molecule has 0 bridgehead atoms. The third-order valence-electron chi connectivity index (χ3n) is 5.33. The van der Waals surface area contributed by atoms with Crippen molar-refractivity contribution < 1.29 is 18.5 Å². The maximum Gasteiger partial charge on any atom is 0.257 e. The van der Waals surface area contributed by atoms with Gasteiger partial charge in [-0.2, -0.15) is 0 Å². The molecule has 9 heteroatoms. The summed E-state index contributed by atoms with van der Waals surface area (Å²) in [6.45, 7) is 2.62. The van der Waals surface area contributed by atoms with Gasteiger partial charge in [0.25, 0.3) is 11.8 Å². The first-order chi connectivity index (χ1) is 15.0. The van der Waals surface area contributed by atoms with Crippen LogP contribution in [0.5, 0.6) is 0 Å². The van der Waals surface area contributed by atoms with Gasteiger partial charge in [-0.1, -0.05) is 22.8 Å². The Morgan fingerprint density at radius 3 is 2.58 bits per heavy atom. The zero-order chi connectivity index (χ0) is 22.0. The van der Waals surface area contributed by atoms with Crippen LogP contribution in [-0.4, -0.2) is 46.0 Å². The standard InChI is InChI=1S/C22H20ClFN4O3/c1-13-18(20(27-31-13)19-16(23)3-2-4-17(19)24)21(29)26-15-7-11-28(12-8-15)22(30)14-5-9-25-10-6-14/h2-6,9-10,15H,7-8,11-12H2,1H3,(H,26,29). The Bertz CT molecular complexity index is 1090. The summed E-state index contributed by atoms with van der Waals surface area (Å²) in [6.07, 6.45) is 4.37. The molecule has 0 atom stereocenters. The second-order valence-corrected chi connectivity index (χ2v) is 7.74. The van der Waals surface area contributed by atoms with E-state index in [0.29, 0.717) is 31.5 Å². The Balaban J connectivity index is 1.45. The van der Waals surface area contributed by atoms with Crippen LogP contribution in [0.4, 0.5) is 4.39 Å². The Kier molecular flexibility index (Phi) is 5.99. The van der Waals surface area contributed by atoms with Crippen molar-refractivity contribution in [3.8, 4) is 11.3 Å². The van der Waals surface area contributed by atoms with Crippen molar-refractivity contribution in [3.05, 3.63) is 70.5 Å². The topological polar surface area (TPSA) is 88.3 Å². The van der Waals surface area contributed by atoms with Gasteiger partial charge < -0.3 is 14.7 Å². The number of carbonyl (C=O) groups excluding carboxylic acids is 2. The molecule has 0 radical (unpaired) electrons. The lowest BCUT2D eigenvalue weighted by Gasteiger charge is -2.32. The maximum atomic E-state index is 14.4. The predicted octanol–water partition coefficient (Wildman–Crippen LogP) is 3.87. The van der Waals surface area contributed by atoms with Crippen LogP contribution in [0.15, 0.2) is 47.2 Å². The summed E-state index contributed by atoms with van der Waals surface area (Å²) in [5.41, 5.74) is 0.846. The monoisotopic (exact) mass is 442 g/mol. The van der Waals surface area contributed by atoms with E-state index in [0.717, 1.165) is 0 Å². The van der Waals surface area contributed by atoms with E-state index in [1.165, 1.54) is 18.2 Å². The molecule has 0 spiro atoms. The first kappa shape index (κ1) is 21.0. The summed E-state index contributed by atoms with van der Waals surface area (Å²) < 4.78 is 19.5. The molecule has 0 unspecified atom stereocenters. The average Bonchev–Trinajstić information content (AvgIpc) is 3.15. The molecule has 0 aliphatic carbocycles. The summed E-state index contributed by atoms with van der Waals surface area (Å²) in [4.78, 5) is 31.2. The van der Waals surface area contributed by atoms with E-state index < -0.39 is 11.7 Å². The van der Waals surface area contributed by atoms with Gasteiger partial charge in [0, 0.05) is 37.1 Å². The van der Waals surface area contributed by atoms with E-state index in [1.54, 1.807) is 36.4 Å². The molecule has 3 aromatic rings. The second kappa shape index (κ2) is 8.85. The number of hydrogen-bond acceptors (Lipinski definition) is 5. The van der Waals surface area contributed by atoms with Gasteiger partial charge in [0.15, 0.2) is 0 Å². The summed E-state index contributed by atoms with van der Waals surface area (Å²) in [5.74, 6) is -0.777. The molecule has 1 fully saturated rings. The molecule has 7 nitrogen and oxygen atoms in total. The van der Waals surface area contributed by atoms with Crippen LogP contribution in [0.2, 0.25) is 5.02 Å². The van der Waals surface area contributed by atoms with Crippen LogP contribution in [0.1, 0.15) is 39.3 Å². The second-order valence-electron chi connectivity index (χ2n) is 7.33. The normalized spacial score (nSPS) is 14.5. The molecule has 31 heavy (non-hydrogen) atoms. The molecule has 0 saturated carbocycles. The first-order valence-corrected chi connectivity index (χ1v) is 10.2. The van der Waals surface area contributed by atoms with Gasteiger partial charge in [-0.3, -0.25) is 14.6 Å². The summed E-state index contributed by atoms with van der Waals surface area (Å²) >= 11 is 6.14. The number of carbonyl (C=O) groups is 2. The summed E-state index contributed by atoms with van der Waals surface area (Å²) in [7, 11) is 0. The zero-order valence-corrected chi connectivity index (χ0v) is 17.5. The number of amides is 2. The molecule has 1 N–H and O–H groups in total. The molecule has 2 aromatic heterocycles. The number of pyridine rings is 1. The highest BCUT2D eigenvalue weighted by Crippen LogP contribution is 2.33. The molecule has 1 saturated heterocycles. The Labute approximate surface area is 183 Å². The van der Waals surface area contributed by atoms with E-state index in [2.05, 4.69) is 15.5 Å². The molecule has 1 aliphatic heterocycles. The molecule has 160 valence electrons. The van der Waals surface area contributed by atoms with Gasteiger partial charge >= 0.3 is 0 Å². The molecule has 1 aromatic carbocycles. The quantitative estimate of drug-likeness (QED) is 0.662. The zero-order valence-electron chi connectivity index (χ0n) is 16.8. The van der Waals surface area contributed by atoms with Gasteiger partial charge in [-0.15, -0.1) is 0 Å². The number of halogens is 2. The first-order valence-electron chi connectivity index (χ1n) is 9.86. The van der Waals surface area contributed by atoms with Crippen molar-refractivity contribution in [3.63, 3.8) is 0 Å². The number of aromatic nitrogens is 2. The van der Waals surface area contributed by atoms with E-state index in [9.17, 15) is 14.0 Å². The largest absolute Gasteiger partial charge is 0.360 e. The number of rotatable bonds is 4. The van der Waals surface area contributed by atoms with Crippen LogP contribution >= 0.6 is 11.6 Å². The van der Waals surface area contributed by atoms with E-state index in [4.69, 9.17) is 16.1 Å². The molecule has 4 rings (SSSR count). The summed E-state index contributed by atoms with van der Waals surface area (Å²) in [6, 6.07) is 7.49. The fourth-order valence-corrected chi connectivity index (χ4v) is 3.95. The number of hydrogen-bond donors (Lipinski definition) is 1. The fourth-order valence-electron chi connectivity index (χ4n) is 3.70. The lowest BCUT2D eigenvalue weighted by molar-refractivity contribution is 0.0698. The number of nitrogens with zero attached hydrogens (tertiary/aromatic N) is 3. The molecular formula is C22H20ClFN4O3.